The second-order valence-corrected chi connectivity index (χ2v) is 21.6. The van der Waals surface area contributed by atoms with Crippen molar-refractivity contribution >= 4 is 44.6 Å². The molecule has 0 spiro atoms. The van der Waals surface area contributed by atoms with Crippen LogP contribution in [-0.4, -0.2) is 16.2 Å². The average Bonchev–Trinajstić information content (AvgIpc) is 3.54. The Morgan fingerprint density at radius 3 is 1.89 bits per heavy atom. The van der Waals surface area contributed by atoms with Gasteiger partial charge in [-0.1, -0.05) is 177 Å². The van der Waals surface area contributed by atoms with Crippen molar-refractivity contribution < 1.29 is 15.7 Å². The Kier molecular flexibility index (Phi) is 9.88. The van der Waals surface area contributed by atoms with Crippen LogP contribution in [0.5, 0.6) is 11.5 Å². The predicted molar refractivity (Wildman–Crippen MR) is 309 cm³/mol. The third-order valence-corrected chi connectivity index (χ3v) is 14.1. The lowest BCUT2D eigenvalue weighted by molar-refractivity contribution is 0.483. The number of fused-ring (bicyclic) bond motifs is 4. The summed E-state index contributed by atoms with van der Waals surface area (Å²) in [7, 11) is 0. The lowest BCUT2D eigenvalue weighted by atomic mass is 9.85. The molecule has 73 heavy (non-hydrogen) atoms. The number of pyridine rings is 1. The van der Waals surface area contributed by atoms with Gasteiger partial charge in [0.25, 0.3) is 0 Å². The Morgan fingerprint density at radius 1 is 0.548 bits per heavy atom. The van der Waals surface area contributed by atoms with Gasteiger partial charge in [-0.2, -0.15) is 0 Å². The largest absolute Gasteiger partial charge is 0.457 e. The highest BCUT2D eigenvalue weighted by molar-refractivity contribution is 6.09. The van der Waals surface area contributed by atoms with Gasteiger partial charge in [0.15, 0.2) is 0 Å². The summed E-state index contributed by atoms with van der Waals surface area (Å²) in [6.45, 7) is 11.7. The fourth-order valence-corrected chi connectivity index (χ4v) is 10.3. The van der Waals surface area contributed by atoms with E-state index in [2.05, 4.69) is 159 Å². The van der Waals surface area contributed by atoms with Gasteiger partial charge in [0, 0.05) is 56.9 Å². The molecule has 5 heteroatoms. The number of rotatable bonds is 10. The van der Waals surface area contributed by atoms with E-state index in [4.69, 9.17) is 20.7 Å². The SMILES string of the molecule is [2H]C([2H])([2H])c1cc(-c2cccc(-c3ccc(C(C)(C)C)cc3)c2N2CN(c3cccc(Oc4ccc5c6ccccc6n(-c6ccc(C(C)(C)C)cn6)c5c4)c3)c3ccccc32)ccc1-c1ccc(C([2H])([2H])C(C)C)cc1C([2H])([2H])[2H]. The van der Waals surface area contributed by atoms with Gasteiger partial charge in [-0.3, -0.25) is 4.57 Å². The molecular weight excluding hydrogens is 889 g/mol. The van der Waals surface area contributed by atoms with Crippen molar-refractivity contribution in [2.75, 3.05) is 16.5 Å². The highest BCUT2D eigenvalue weighted by atomic mass is 16.5. The van der Waals surface area contributed by atoms with Crippen LogP contribution in [0.15, 0.2) is 188 Å². The Morgan fingerprint density at radius 2 is 1.18 bits per heavy atom. The number of ether oxygens (including phenoxy) is 1. The van der Waals surface area contributed by atoms with E-state index in [1.54, 1.807) is 38.1 Å². The van der Waals surface area contributed by atoms with Crippen LogP contribution in [0, 0.1) is 19.6 Å². The van der Waals surface area contributed by atoms with E-state index in [9.17, 15) is 0 Å². The Labute approximate surface area is 443 Å². The average molecular weight is 963 g/mol. The molecule has 3 heterocycles. The summed E-state index contributed by atoms with van der Waals surface area (Å²) in [5.41, 5.74) is 11.9. The number of aromatic nitrogens is 2. The summed E-state index contributed by atoms with van der Waals surface area (Å²) in [5, 5.41) is 2.22. The summed E-state index contributed by atoms with van der Waals surface area (Å²) in [6.07, 6.45) is 0.152. The number of anilines is 4. The van der Waals surface area contributed by atoms with Crippen LogP contribution in [0.2, 0.25) is 0 Å². The van der Waals surface area contributed by atoms with Gasteiger partial charge in [0.2, 0.25) is 0 Å². The number of benzene rings is 8. The Hall–Kier alpha value is -7.89. The Balaban J connectivity index is 1.01. The van der Waals surface area contributed by atoms with E-state index in [-0.39, 0.29) is 38.6 Å². The second-order valence-electron chi connectivity index (χ2n) is 21.6. The number of hydrogen-bond acceptors (Lipinski definition) is 4. The molecule has 0 saturated carbocycles. The predicted octanol–water partition coefficient (Wildman–Crippen LogP) is 18.6. The molecule has 364 valence electrons. The molecule has 0 fully saturated rings. The van der Waals surface area contributed by atoms with Crippen molar-refractivity contribution in [3.05, 3.63) is 216 Å². The molecule has 0 aliphatic carbocycles. The molecule has 5 nitrogen and oxygen atoms in total. The third kappa shape index (κ3) is 9.07. The lowest BCUT2D eigenvalue weighted by Crippen LogP contribution is -2.25. The van der Waals surface area contributed by atoms with Crippen molar-refractivity contribution in [2.45, 2.75) is 86.3 Å². The zero-order valence-electron chi connectivity index (χ0n) is 50.9. The highest BCUT2D eigenvalue weighted by Gasteiger charge is 2.32. The smallest absolute Gasteiger partial charge is 0.137 e. The zero-order valence-corrected chi connectivity index (χ0v) is 42.9. The minimum Gasteiger partial charge on any atom is -0.457 e. The van der Waals surface area contributed by atoms with Crippen LogP contribution >= 0.6 is 0 Å². The molecular formula is C68H66N4O. The van der Waals surface area contributed by atoms with Gasteiger partial charge in [-0.15, -0.1) is 0 Å². The molecule has 11 rings (SSSR count). The maximum Gasteiger partial charge on any atom is 0.137 e. The minimum absolute atomic E-state index is 0.0108. The standard InChI is InChI=1S/C68H66N4O/c1-44(2)37-47-25-33-55(45(3)38-47)56-34-28-49(39-46(56)4)58-21-16-20-57(48-26-29-50(30-27-48)67(5,6)7)66(58)71-43-70(62-23-13-14-24-63(62)71)52-17-15-18-53(40-52)73-54-32-35-60-59-19-11-12-22-61(59)72(64(60)41-54)65-36-31-51(42-69-65)68(8,9)10/h11-36,38-42,44H,37,43H2,1-10H3/i3D3,4D3,37D2. The summed E-state index contributed by atoms with van der Waals surface area (Å²) in [4.78, 5) is 9.53. The molecule has 1 aliphatic heterocycles. The van der Waals surface area contributed by atoms with Gasteiger partial charge in [-0.05, 0) is 135 Å². The van der Waals surface area contributed by atoms with Crippen LogP contribution in [0.25, 0.3) is 61.0 Å². The van der Waals surface area contributed by atoms with Crippen LogP contribution in [0.1, 0.15) is 94.2 Å². The van der Waals surface area contributed by atoms with E-state index in [0.717, 1.165) is 72.6 Å². The number of para-hydroxylation sites is 4. The van der Waals surface area contributed by atoms with Gasteiger partial charge in [0.05, 0.1) is 28.1 Å². The van der Waals surface area contributed by atoms with E-state index < -0.39 is 26.0 Å². The first-order valence-corrected chi connectivity index (χ1v) is 25.2. The summed E-state index contributed by atoms with van der Waals surface area (Å²) in [6, 6.07) is 59.8. The van der Waals surface area contributed by atoms with Crippen LogP contribution in [0.3, 0.4) is 0 Å². The monoisotopic (exact) mass is 963 g/mol. The Bertz CT molecular complexity index is 4010. The molecule has 10 aromatic rings. The number of aryl methyl sites for hydroxylation is 2. The maximum atomic E-state index is 8.95. The van der Waals surface area contributed by atoms with Crippen molar-refractivity contribution in [3.63, 3.8) is 0 Å². The van der Waals surface area contributed by atoms with Gasteiger partial charge in [0.1, 0.15) is 24.0 Å². The first kappa shape index (κ1) is 38.7. The van der Waals surface area contributed by atoms with Crippen LogP contribution in [0.4, 0.5) is 22.7 Å². The number of nitrogens with zero attached hydrogens (tertiary/aromatic N) is 4. The molecule has 1 aliphatic rings. The molecule has 0 unspecified atom stereocenters. The molecule has 8 aromatic carbocycles. The van der Waals surface area contributed by atoms with Gasteiger partial charge < -0.3 is 14.5 Å². The molecule has 0 saturated heterocycles. The van der Waals surface area contributed by atoms with Crippen LogP contribution < -0.4 is 14.5 Å². The highest BCUT2D eigenvalue weighted by Crippen LogP contribution is 2.51. The second kappa shape index (κ2) is 18.6. The molecule has 2 aromatic heterocycles. The molecule has 0 atom stereocenters. The van der Waals surface area contributed by atoms with Gasteiger partial charge >= 0.3 is 0 Å². The first-order valence-electron chi connectivity index (χ1n) is 29.2. The minimum atomic E-state index is -2.66. The van der Waals surface area contributed by atoms with E-state index in [1.807, 2.05) is 54.7 Å². The fourth-order valence-electron chi connectivity index (χ4n) is 10.3. The van der Waals surface area contributed by atoms with Crippen LogP contribution in [-0.2, 0) is 17.2 Å². The van der Waals surface area contributed by atoms with E-state index in [0.29, 0.717) is 23.7 Å². The zero-order chi connectivity index (χ0) is 57.6. The fraction of sp³-hybridized carbons (Fsp3) is 0.221. The summed E-state index contributed by atoms with van der Waals surface area (Å²) in [5.74, 6) is 1.73. The summed E-state index contributed by atoms with van der Waals surface area (Å²) >= 11 is 0. The lowest BCUT2D eigenvalue weighted by Gasteiger charge is -2.28. The molecule has 0 radical (unpaired) electrons. The van der Waals surface area contributed by atoms with Crippen molar-refractivity contribution in [3.8, 4) is 50.7 Å². The molecule has 0 amide bonds. The summed E-state index contributed by atoms with van der Waals surface area (Å²) < 4.78 is 79.2. The third-order valence-electron chi connectivity index (χ3n) is 14.1. The van der Waals surface area contributed by atoms with Crippen molar-refractivity contribution in [1.82, 2.24) is 9.55 Å². The topological polar surface area (TPSA) is 33.5 Å². The van der Waals surface area contributed by atoms with Crippen molar-refractivity contribution in [1.29, 1.82) is 0 Å². The van der Waals surface area contributed by atoms with Crippen molar-refractivity contribution in [2.24, 2.45) is 5.92 Å². The number of hydrogen-bond donors (Lipinski definition) is 0. The van der Waals surface area contributed by atoms with E-state index >= 15 is 0 Å². The normalized spacial score (nSPS) is 15.0. The van der Waals surface area contributed by atoms with Gasteiger partial charge in [-0.25, -0.2) is 4.98 Å². The molecule has 0 bridgehead atoms. The quantitative estimate of drug-likeness (QED) is 0.137. The molecule has 0 N–H and O–H groups in total. The maximum absolute atomic E-state index is 8.95. The van der Waals surface area contributed by atoms with E-state index in [1.165, 1.54) is 11.6 Å². The first-order chi connectivity index (χ1) is 38.3.